The lowest BCUT2D eigenvalue weighted by atomic mass is 10.2. The lowest BCUT2D eigenvalue weighted by Gasteiger charge is -2.13. The fraction of sp³-hybridized carbons (Fsp3) is 0.0370. The summed E-state index contributed by atoms with van der Waals surface area (Å²) in [5.74, 6) is -0.148. The summed E-state index contributed by atoms with van der Waals surface area (Å²) >= 11 is 0. The van der Waals surface area contributed by atoms with Gasteiger partial charge in [-0.1, -0.05) is 48.5 Å². The van der Waals surface area contributed by atoms with Crippen molar-refractivity contribution in [1.82, 2.24) is 9.36 Å². The normalized spacial score (nSPS) is 11.5. The van der Waals surface area contributed by atoms with E-state index in [0.717, 1.165) is 5.69 Å². The molecule has 7 nitrogen and oxygen atoms in total. The Balaban J connectivity index is 1.62. The third-order valence-electron chi connectivity index (χ3n) is 5.67. The fourth-order valence-electron chi connectivity index (χ4n) is 3.98. The van der Waals surface area contributed by atoms with Crippen LogP contribution in [-0.2, 0) is 10.0 Å². The molecule has 5 aromatic rings. The molecule has 0 amide bonds. The second-order valence-corrected chi connectivity index (χ2v) is 9.70. The topological polar surface area (TPSA) is 90.2 Å². The lowest BCUT2D eigenvalue weighted by Crippen LogP contribution is -2.20. The van der Waals surface area contributed by atoms with Gasteiger partial charge in [-0.3, -0.25) is 14.3 Å². The molecule has 0 spiro atoms. The van der Waals surface area contributed by atoms with E-state index in [1.54, 1.807) is 16.8 Å². The Kier molecular flexibility index (Phi) is 5.58. The average molecular weight is 484 g/mol. The van der Waals surface area contributed by atoms with Crippen LogP contribution in [0.25, 0.3) is 22.3 Å². The van der Waals surface area contributed by atoms with E-state index in [2.05, 4.69) is 4.72 Å². The highest BCUT2D eigenvalue weighted by Gasteiger charge is 2.19. The van der Waals surface area contributed by atoms with Crippen LogP contribution in [0.1, 0.15) is 17.3 Å². The molecule has 0 aliphatic carbocycles. The Morgan fingerprint density at radius 1 is 0.743 bits per heavy atom. The van der Waals surface area contributed by atoms with E-state index in [1.807, 2.05) is 65.3 Å². The maximum atomic E-state index is 13.5. The molecule has 1 heterocycles. The molecule has 0 saturated carbocycles. The number of hydrogen-bond acceptors (Lipinski definition) is 4. The first kappa shape index (κ1) is 22.4. The van der Waals surface area contributed by atoms with Gasteiger partial charge >= 0.3 is 0 Å². The van der Waals surface area contributed by atoms with Crippen molar-refractivity contribution in [2.24, 2.45) is 0 Å². The SMILES string of the molecule is CC(=O)c1ccc(S(=O)(=O)Nc2ccc3c(c2)c(=O)n(-c2ccccc2)n3-c2ccccc2)cc1. The molecule has 0 atom stereocenters. The molecule has 0 radical (unpaired) electrons. The molecule has 35 heavy (non-hydrogen) atoms. The van der Waals surface area contributed by atoms with Gasteiger partial charge in [-0.25, -0.2) is 17.8 Å². The van der Waals surface area contributed by atoms with Gasteiger partial charge in [-0.05, 0) is 61.5 Å². The van der Waals surface area contributed by atoms with E-state index in [-0.39, 0.29) is 21.9 Å². The number of aromatic nitrogens is 2. The number of sulfonamides is 1. The van der Waals surface area contributed by atoms with E-state index < -0.39 is 10.0 Å². The van der Waals surface area contributed by atoms with E-state index in [0.29, 0.717) is 22.2 Å². The first-order valence-corrected chi connectivity index (χ1v) is 12.4. The van der Waals surface area contributed by atoms with Gasteiger partial charge in [0.25, 0.3) is 15.6 Å². The summed E-state index contributed by atoms with van der Waals surface area (Å²) in [4.78, 5) is 25.1. The van der Waals surface area contributed by atoms with E-state index in [4.69, 9.17) is 0 Å². The number of nitrogens with zero attached hydrogens (tertiary/aromatic N) is 2. The van der Waals surface area contributed by atoms with Gasteiger partial charge in [-0.15, -0.1) is 0 Å². The second-order valence-electron chi connectivity index (χ2n) is 8.02. The minimum Gasteiger partial charge on any atom is -0.295 e. The molecule has 0 aliphatic rings. The number of carbonyl (C=O) groups excluding carboxylic acids is 1. The zero-order valence-electron chi connectivity index (χ0n) is 18.8. The van der Waals surface area contributed by atoms with Crippen molar-refractivity contribution >= 4 is 32.4 Å². The van der Waals surface area contributed by atoms with Crippen molar-refractivity contribution in [2.75, 3.05) is 4.72 Å². The number of carbonyl (C=O) groups is 1. The average Bonchev–Trinajstić information content (AvgIpc) is 3.16. The van der Waals surface area contributed by atoms with Crippen LogP contribution < -0.4 is 10.3 Å². The number of hydrogen-bond donors (Lipinski definition) is 1. The van der Waals surface area contributed by atoms with Crippen molar-refractivity contribution in [1.29, 1.82) is 0 Å². The van der Waals surface area contributed by atoms with Gasteiger partial charge < -0.3 is 0 Å². The maximum absolute atomic E-state index is 13.5. The summed E-state index contributed by atoms with van der Waals surface area (Å²) in [6.45, 7) is 1.42. The first-order valence-electron chi connectivity index (χ1n) is 10.9. The van der Waals surface area contributed by atoms with Gasteiger partial charge in [0.05, 0.1) is 27.2 Å². The standard InChI is InChI=1S/C27H21N3O4S/c1-19(31)20-12-15-24(16-13-20)35(33,34)28-21-14-17-26-25(18-21)27(32)30(23-10-6-3-7-11-23)29(26)22-8-4-2-5-9-22/h2-18,28H,1H3. The highest BCUT2D eigenvalue weighted by atomic mass is 32.2. The molecule has 174 valence electrons. The fourth-order valence-corrected chi connectivity index (χ4v) is 5.03. The molecular formula is C27H21N3O4S. The first-order chi connectivity index (χ1) is 16.8. The van der Waals surface area contributed by atoms with Crippen molar-refractivity contribution in [3.63, 3.8) is 0 Å². The zero-order valence-corrected chi connectivity index (χ0v) is 19.6. The Hall–Kier alpha value is -4.43. The quantitative estimate of drug-likeness (QED) is 0.352. The summed E-state index contributed by atoms with van der Waals surface area (Å²) in [7, 11) is -3.92. The lowest BCUT2D eigenvalue weighted by molar-refractivity contribution is 0.101. The van der Waals surface area contributed by atoms with E-state index in [1.165, 1.54) is 37.3 Å². The summed E-state index contributed by atoms with van der Waals surface area (Å²) in [6.07, 6.45) is 0. The third kappa shape index (κ3) is 4.15. The van der Waals surface area contributed by atoms with Crippen molar-refractivity contribution < 1.29 is 13.2 Å². The number of anilines is 1. The van der Waals surface area contributed by atoms with Crippen LogP contribution in [0.3, 0.4) is 0 Å². The summed E-state index contributed by atoms with van der Waals surface area (Å²) < 4.78 is 31.8. The van der Waals surface area contributed by atoms with Crippen LogP contribution in [0.2, 0.25) is 0 Å². The molecule has 4 aromatic carbocycles. The second kappa shape index (κ2) is 8.73. The van der Waals surface area contributed by atoms with Gasteiger partial charge in [0.15, 0.2) is 5.78 Å². The highest BCUT2D eigenvalue weighted by molar-refractivity contribution is 7.92. The number of para-hydroxylation sites is 2. The van der Waals surface area contributed by atoms with Crippen molar-refractivity contribution in [2.45, 2.75) is 11.8 Å². The molecule has 0 saturated heterocycles. The molecule has 5 rings (SSSR count). The molecule has 8 heteroatoms. The molecule has 0 unspecified atom stereocenters. The number of benzene rings is 4. The minimum atomic E-state index is -3.92. The Bertz CT molecular complexity index is 1700. The molecule has 0 aliphatic heterocycles. The smallest absolute Gasteiger partial charge is 0.279 e. The van der Waals surface area contributed by atoms with Gasteiger partial charge in [0.1, 0.15) is 0 Å². The number of ketones is 1. The van der Waals surface area contributed by atoms with Crippen LogP contribution in [-0.4, -0.2) is 23.6 Å². The van der Waals surface area contributed by atoms with Crippen LogP contribution >= 0.6 is 0 Å². The largest absolute Gasteiger partial charge is 0.295 e. The Labute approximate surface area is 201 Å². The van der Waals surface area contributed by atoms with E-state index >= 15 is 0 Å². The molecule has 1 aromatic heterocycles. The van der Waals surface area contributed by atoms with Crippen LogP contribution in [0.4, 0.5) is 5.69 Å². The van der Waals surface area contributed by atoms with Crippen LogP contribution in [0, 0.1) is 0 Å². The maximum Gasteiger partial charge on any atom is 0.279 e. The molecule has 0 bridgehead atoms. The summed E-state index contributed by atoms with van der Waals surface area (Å²) in [5, 5.41) is 0.366. The van der Waals surface area contributed by atoms with Gasteiger partial charge in [-0.2, -0.15) is 0 Å². The van der Waals surface area contributed by atoms with Crippen molar-refractivity contribution in [3.05, 3.63) is 119 Å². The molecule has 1 N–H and O–H groups in total. The van der Waals surface area contributed by atoms with Crippen LogP contribution in [0.15, 0.2) is 113 Å². The summed E-state index contributed by atoms with van der Waals surface area (Å²) in [5.41, 5.74) is 2.53. The molecular weight excluding hydrogens is 462 g/mol. The van der Waals surface area contributed by atoms with Gasteiger partial charge in [0.2, 0.25) is 0 Å². The van der Waals surface area contributed by atoms with Crippen molar-refractivity contribution in [3.8, 4) is 11.4 Å². The van der Waals surface area contributed by atoms with E-state index in [9.17, 15) is 18.0 Å². The monoisotopic (exact) mass is 483 g/mol. The zero-order chi connectivity index (χ0) is 24.6. The number of fused-ring (bicyclic) bond motifs is 1. The molecule has 0 fully saturated rings. The Morgan fingerprint density at radius 2 is 1.31 bits per heavy atom. The summed E-state index contributed by atoms with van der Waals surface area (Å²) in [6, 6.07) is 29.3. The number of nitrogens with one attached hydrogen (secondary N) is 1. The number of rotatable bonds is 6. The van der Waals surface area contributed by atoms with Gasteiger partial charge in [0, 0.05) is 11.3 Å². The predicted octanol–water partition coefficient (Wildman–Crippen LogP) is 4.78. The Morgan fingerprint density at radius 3 is 1.89 bits per heavy atom. The predicted molar refractivity (Wildman–Crippen MR) is 136 cm³/mol. The number of Topliss-reactive ketones (excluding diaryl/α,β-unsaturated/α-hetero) is 1. The highest BCUT2D eigenvalue weighted by Crippen LogP contribution is 2.25. The minimum absolute atomic E-state index is 0.0196. The van der Waals surface area contributed by atoms with Crippen LogP contribution in [0.5, 0.6) is 0 Å². The third-order valence-corrected chi connectivity index (χ3v) is 7.07.